The van der Waals surface area contributed by atoms with Crippen LogP contribution in [-0.4, -0.2) is 35.8 Å². The maximum Gasteiger partial charge on any atom is 0.514 e. The highest BCUT2D eigenvalue weighted by Gasteiger charge is 2.19. The van der Waals surface area contributed by atoms with Gasteiger partial charge in [-0.2, -0.15) is 5.10 Å². The van der Waals surface area contributed by atoms with Gasteiger partial charge in [-0.25, -0.2) is 9.47 Å². The number of aromatic nitrogens is 1. The number of thiazole rings is 1. The molecule has 1 aromatic carbocycles. The van der Waals surface area contributed by atoms with E-state index in [9.17, 15) is 4.79 Å². The van der Waals surface area contributed by atoms with E-state index in [0.717, 1.165) is 20.9 Å². The Labute approximate surface area is 195 Å². The molecule has 0 saturated heterocycles. The number of carbonyl (C=O) groups is 1. The van der Waals surface area contributed by atoms with Crippen molar-refractivity contribution < 1.29 is 19.0 Å². The predicted octanol–water partition coefficient (Wildman–Crippen LogP) is 5.79. The second-order valence-corrected chi connectivity index (χ2v) is 9.92. The van der Waals surface area contributed by atoms with Crippen LogP contribution >= 0.6 is 22.7 Å². The SMILES string of the molecule is COc1cc(C=Nn2c(-c3cccs3)csc2=NC(C)C)ccc1OC(=O)OC(C)(C)C. The number of thiophene rings is 1. The van der Waals surface area contributed by atoms with Gasteiger partial charge in [0.25, 0.3) is 0 Å². The minimum Gasteiger partial charge on any atom is -0.493 e. The molecule has 0 bridgehead atoms. The maximum atomic E-state index is 12.0. The summed E-state index contributed by atoms with van der Waals surface area (Å²) in [4.78, 5) is 18.6. The molecule has 2 heterocycles. The van der Waals surface area contributed by atoms with Gasteiger partial charge in [-0.3, -0.25) is 4.99 Å². The van der Waals surface area contributed by atoms with Crippen LogP contribution in [0.4, 0.5) is 4.79 Å². The molecule has 32 heavy (non-hydrogen) atoms. The fourth-order valence-corrected chi connectivity index (χ4v) is 4.41. The first-order valence-electron chi connectivity index (χ1n) is 10.1. The zero-order chi connectivity index (χ0) is 23.3. The molecule has 3 aromatic rings. The third kappa shape index (κ3) is 6.30. The number of hydrogen-bond acceptors (Lipinski definition) is 8. The molecular weight excluding hydrogens is 446 g/mol. The van der Waals surface area contributed by atoms with Crippen LogP contribution < -0.4 is 14.3 Å². The van der Waals surface area contributed by atoms with Crippen molar-refractivity contribution in [2.45, 2.75) is 46.3 Å². The minimum absolute atomic E-state index is 0.149. The van der Waals surface area contributed by atoms with Gasteiger partial charge in [-0.15, -0.1) is 22.7 Å². The number of nitrogens with zero attached hydrogens (tertiary/aromatic N) is 3. The summed E-state index contributed by atoms with van der Waals surface area (Å²) in [6.07, 6.45) is 0.940. The Bertz CT molecular complexity index is 1150. The van der Waals surface area contributed by atoms with Crippen molar-refractivity contribution in [2.24, 2.45) is 10.1 Å². The van der Waals surface area contributed by atoms with E-state index in [4.69, 9.17) is 14.2 Å². The third-order valence-electron chi connectivity index (χ3n) is 3.92. The van der Waals surface area contributed by atoms with Crippen molar-refractivity contribution in [3.8, 4) is 22.1 Å². The van der Waals surface area contributed by atoms with E-state index in [2.05, 4.69) is 21.5 Å². The van der Waals surface area contributed by atoms with Crippen molar-refractivity contribution in [1.29, 1.82) is 0 Å². The summed E-state index contributed by atoms with van der Waals surface area (Å²) < 4.78 is 17.7. The van der Waals surface area contributed by atoms with E-state index < -0.39 is 11.8 Å². The lowest BCUT2D eigenvalue weighted by molar-refractivity contribution is 0.0201. The summed E-state index contributed by atoms with van der Waals surface area (Å²) >= 11 is 3.20. The Morgan fingerprint density at radius 3 is 2.56 bits per heavy atom. The van der Waals surface area contributed by atoms with Crippen molar-refractivity contribution in [3.05, 3.63) is 51.5 Å². The summed E-state index contributed by atoms with van der Waals surface area (Å²) in [6, 6.07) is 9.42. The van der Waals surface area contributed by atoms with Gasteiger partial charge >= 0.3 is 6.16 Å². The second kappa shape index (κ2) is 10.1. The molecule has 0 atom stereocenters. The molecule has 0 aliphatic carbocycles. The van der Waals surface area contributed by atoms with Gasteiger partial charge in [-0.05, 0) is 69.8 Å². The van der Waals surface area contributed by atoms with Gasteiger partial charge in [0.05, 0.1) is 23.9 Å². The van der Waals surface area contributed by atoms with E-state index in [1.165, 1.54) is 7.11 Å². The molecule has 0 N–H and O–H groups in total. The largest absolute Gasteiger partial charge is 0.514 e. The molecular formula is C23H27N3O4S2. The van der Waals surface area contributed by atoms with Crippen molar-refractivity contribution in [2.75, 3.05) is 7.11 Å². The molecule has 0 fully saturated rings. The number of carbonyl (C=O) groups excluding carboxylic acids is 1. The normalized spacial score (nSPS) is 12.5. The van der Waals surface area contributed by atoms with Gasteiger partial charge < -0.3 is 14.2 Å². The highest BCUT2D eigenvalue weighted by atomic mass is 32.1. The van der Waals surface area contributed by atoms with E-state index in [-0.39, 0.29) is 11.8 Å². The lowest BCUT2D eigenvalue weighted by Crippen LogP contribution is -2.26. The van der Waals surface area contributed by atoms with E-state index in [0.29, 0.717) is 5.75 Å². The first kappa shape index (κ1) is 23.7. The number of ether oxygens (including phenoxy) is 3. The number of rotatable bonds is 6. The van der Waals surface area contributed by atoms with E-state index in [1.807, 2.05) is 30.0 Å². The molecule has 7 nitrogen and oxygen atoms in total. The Morgan fingerprint density at radius 2 is 1.94 bits per heavy atom. The second-order valence-electron chi connectivity index (χ2n) is 8.14. The van der Waals surface area contributed by atoms with Crippen molar-refractivity contribution in [1.82, 2.24) is 4.68 Å². The zero-order valence-electron chi connectivity index (χ0n) is 19.0. The molecule has 9 heteroatoms. The van der Waals surface area contributed by atoms with Crippen LogP contribution in [0.3, 0.4) is 0 Å². The monoisotopic (exact) mass is 473 g/mol. The summed E-state index contributed by atoms with van der Waals surface area (Å²) in [5.41, 5.74) is 1.12. The summed E-state index contributed by atoms with van der Waals surface area (Å²) in [7, 11) is 1.51. The van der Waals surface area contributed by atoms with E-state index >= 15 is 0 Å². The van der Waals surface area contributed by atoms with Gasteiger partial charge in [0, 0.05) is 11.4 Å². The van der Waals surface area contributed by atoms with Gasteiger partial charge in [-0.1, -0.05) is 6.07 Å². The van der Waals surface area contributed by atoms with Gasteiger partial charge in [0.15, 0.2) is 11.5 Å². The van der Waals surface area contributed by atoms with Gasteiger partial charge in [0.2, 0.25) is 4.80 Å². The Kier molecular flexibility index (Phi) is 7.52. The standard InChI is InChI=1S/C23H27N3O4S2/c1-15(2)25-21-26(17(14-32-21)20-8-7-11-31-20)24-13-16-9-10-18(19(12-16)28-6)29-22(27)30-23(3,4)5/h7-15H,1-6H3. The molecule has 0 aliphatic rings. The minimum atomic E-state index is -0.786. The van der Waals surface area contributed by atoms with Crippen LogP contribution in [0.25, 0.3) is 10.6 Å². The molecule has 170 valence electrons. The molecule has 0 spiro atoms. The van der Waals surface area contributed by atoms with Crippen LogP contribution in [0.2, 0.25) is 0 Å². The van der Waals surface area contributed by atoms with Crippen LogP contribution in [0, 0.1) is 0 Å². The average molecular weight is 474 g/mol. The molecule has 0 radical (unpaired) electrons. The first-order chi connectivity index (χ1) is 15.2. The Morgan fingerprint density at radius 1 is 1.16 bits per heavy atom. The lowest BCUT2D eigenvalue weighted by atomic mass is 10.2. The quantitative estimate of drug-likeness (QED) is 0.258. The maximum absolute atomic E-state index is 12.0. The average Bonchev–Trinajstić information content (AvgIpc) is 3.35. The Hall–Kier alpha value is -2.91. The van der Waals surface area contributed by atoms with E-state index in [1.54, 1.807) is 67.9 Å². The smallest absolute Gasteiger partial charge is 0.493 e. The predicted molar refractivity (Wildman–Crippen MR) is 129 cm³/mol. The Balaban J connectivity index is 1.90. The third-order valence-corrected chi connectivity index (χ3v) is 5.64. The number of methoxy groups -OCH3 is 1. The fraction of sp³-hybridized carbons (Fsp3) is 0.348. The van der Waals surface area contributed by atoms with Crippen LogP contribution in [-0.2, 0) is 4.74 Å². The highest BCUT2D eigenvalue weighted by Crippen LogP contribution is 2.29. The fourth-order valence-electron chi connectivity index (χ4n) is 2.65. The molecule has 3 rings (SSSR count). The van der Waals surface area contributed by atoms with Crippen LogP contribution in [0.5, 0.6) is 11.5 Å². The zero-order valence-corrected chi connectivity index (χ0v) is 20.6. The number of benzene rings is 1. The highest BCUT2D eigenvalue weighted by molar-refractivity contribution is 7.14. The van der Waals surface area contributed by atoms with Gasteiger partial charge in [0.1, 0.15) is 5.60 Å². The molecule has 0 unspecified atom stereocenters. The van der Waals surface area contributed by atoms with Crippen LogP contribution in [0.15, 0.2) is 51.2 Å². The summed E-state index contributed by atoms with van der Waals surface area (Å²) in [5.74, 6) is 0.678. The summed E-state index contributed by atoms with van der Waals surface area (Å²) in [6.45, 7) is 9.39. The topological polar surface area (TPSA) is 74.4 Å². The molecule has 0 saturated carbocycles. The van der Waals surface area contributed by atoms with Crippen molar-refractivity contribution >= 4 is 35.0 Å². The summed E-state index contributed by atoms with van der Waals surface area (Å²) in [5, 5.41) is 8.78. The van der Waals surface area contributed by atoms with Crippen molar-refractivity contribution in [3.63, 3.8) is 0 Å². The lowest BCUT2D eigenvalue weighted by Gasteiger charge is -2.19. The molecule has 2 aromatic heterocycles. The first-order valence-corrected chi connectivity index (χ1v) is 11.8. The molecule has 0 amide bonds. The van der Waals surface area contributed by atoms with Crippen LogP contribution in [0.1, 0.15) is 40.2 Å². The number of hydrogen-bond donors (Lipinski definition) is 0. The molecule has 0 aliphatic heterocycles.